The first-order valence-corrected chi connectivity index (χ1v) is 7.45. The molecule has 1 heterocycles. The zero-order valence-corrected chi connectivity index (χ0v) is 12.9. The van der Waals surface area contributed by atoms with Gasteiger partial charge in [0.05, 0.1) is 5.39 Å². The van der Waals surface area contributed by atoms with Crippen molar-refractivity contribution < 1.29 is 9.52 Å². The summed E-state index contributed by atoms with van der Waals surface area (Å²) in [6.45, 7) is 9.19. The minimum atomic E-state index is 0.273. The van der Waals surface area contributed by atoms with E-state index in [4.69, 9.17) is 4.42 Å². The van der Waals surface area contributed by atoms with Crippen LogP contribution in [0.2, 0.25) is 0 Å². The molecule has 0 saturated carbocycles. The maximum absolute atomic E-state index is 10.5. The van der Waals surface area contributed by atoms with E-state index in [1.54, 1.807) is 6.07 Å². The fourth-order valence-corrected chi connectivity index (χ4v) is 2.92. The lowest BCUT2D eigenvalue weighted by atomic mass is 9.95. The number of furan rings is 1. The first-order chi connectivity index (χ1) is 10.0. The first-order valence-electron chi connectivity index (χ1n) is 7.45. The van der Waals surface area contributed by atoms with Gasteiger partial charge in [-0.15, -0.1) is 0 Å². The van der Waals surface area contributed by atoms with E-state index in [0.717, 1.165) is 39.7 Å². The monoisotopic (exact) mass is 283 g/mol. The van der Waals surface area contributed by atoms with Crippen molar-refractivity contribution in [3.05, 3.63) is 35.4 Å². The molecule has 0 spiro atoms. The Hall–Kier alpha value is -2.16. The van der Waals surface area contributed by atoms with Crippen molar-refractivity contribution in [2.45, 2.75) is 33.6 Å². The lowest BCUT2D eigenvalue weighted by Gasteiger charge is -2.09. The maximum atomic E-state index is 10.5. The fourth-order valence-electron chi connectivity index (χ4n) is 2.92. The summed E-state index contributed by atoms with van der Waals surface area (Å²) in [5, 5.41) is 15.5. The van der Waals surface area contributed by atoms with Gasteiger partial charge in [0.2, 0.25) is 0 Å². The molecule has 110 valence electrons. The Labute approximate surface area is 124 Å². The van der Waals surface area contributed by atoms with Crippen molar-refractivity contribution in [1.29, 1.82) is 0 Å². The number of phenolic OH excluding ortho intramolecular Hbond substituents is 1. The maximum Gasteiger partial charge on any atom is 0.141 e. The Morgan fingerprint density at radius 1 is 1.19 bits per heavy atom. The lowest BCUT2D eigenvalue weighted by molar-refractivity contribution is 0.482. The second-order valence-corrected chi connectivity index (χ2v) is 5.83. The Morgan fingerprint density at radius 2 is 1.95 bits per heavy atom. The number of benzene rings is 2. The molecule has 0 atom stereocenters. The molecule has 2 aromatic carbocycles. The molecule has 0 unspecified atom stereocenters. The van der Waals surface area contributed by atoms with E-state index in [-0.39, 0.29) is 5.75 Å². The fraction of sp³-hybridized carbons (Fsp3) is 0.333. The highest BCUT2D eigenvalue weighted by molar-refractivity contribution is 6.11. The van der Waals surface area contributed by atoms with Gasteiger partial charge in [0.25, 0.3) is 0 Å². The summed E-state index contributed by atoms with van der Waals surface area (Å²) in [6, 6.07) is 7.95. The summed E-state index contributed by atoms with van der Waals surface area (Å²) in [6.07, 6.45) is 0. The largest absolute Gasteiger partial charge is 0.507 e. The van der Waals surface area contributed by atoms with Crippen molar-refractivity contribution in [3.8, 4) is 5.75 Å². The quantitative estimate of drug-likeness (QED) is 0.698. The third-order valence-electron chi connectivity index (χ3n) is 3.93. The molecule has 3 rings (SSSR count). The molecule has 1 aromatic heterocycles. The number of aromatic hydroxyl groups is 1. The number of hydrogen-bond acceptors (Lipinski definition) is 3. The molecule has 0 saturated heterocycles. The van der Waals surface area contributed by atoms with E-state index in [1.807, 2.05) is 19.9 Å². The standard InChI is InChI=1S/C18H21NO2/c1-5-19-12-8-14(20)17-15(9-12)21-18-11(4)6-7-13(10(2)3)16(17)18/h6-10,19-20H,5H2,1-4H3. The van der Waals surface area contributed by atoms with Gasteiger partial charge in [-0.3, -0.25) is 0 Å². The smallest absolute Gasteiger partial charge is 0.141 e. The highest BCUT2D eigenvalue weighted by Gasteiger charge is 2.18. The van der Waals surface area contributed by atoms with Crippen LogP contribution < -0.4 is 5.32 Å². The zero-order valence-electron chi connectivity index (χ0n) is 12.9. The Bertz CT molecular complexity index is 815. The molecule has 0 aliphatic carbocycles. The number of anilines is 1. The van der Waals surface area contributed by atoms with Crippen LogP contribution in [0.1, 0.15) is 37.8 Å². The molecule has 0 bridgehead atoms. The van der Waals surface area contributed by atoms with Crippen LogP contribution in [-0.4, -0.2) is 11.7 Å². The summed E-state index contributed by atoms with van der Waals surface area (Å²) in [7, 11) is 0. The van der Waals surface area contributed by atoms with Crippen LogP contribution in [-0.2, 0) is 0 Å². The van der Waals surface area contributed by atoms with E-state index in [0.29, 0.717) is 5.92 Å². The van der Waals surface area contributed by atoms with Gasteiger partial charge in [0, 0.05) is 29.8 Å². The number of phenols is 1. The number of hydrogen-bond donors (Lipinski definition) is 2. The zero-order chi connectivity index (χ0) is 15.1. The van der Waals surface area contributed by atoms with Gasteiger partial charge in [-0.2, -0.15) is 0 Å². The summed E-state index contributed by atoms with van der Waals surface area (Å²) in [5.41, 5.74) is 4.79. The van der Waals surface area contributed by atoms with Gasteiger partial charge in [0.1, 0.15) is 16.9 Å². The van der Waals surface area contributed by atoms with Crippen molar-refractivity contribution in [1.82, 2.24) is 0 Å². The summed E-state index contributed by atoms with van der Waals surface area (Å²) in [5.74, 6) is 0.649. The van der Waals surface area contributed by atoms with Crippen LogP contribution in [0, 0.1) is 6.92 Å². The molecule has 0 amide bonds. The Balaban J connectivity index is 2.43. The number of nitrogens with one attached hydrogen (secondary N) is 1. The van der Waals surface area contributed by atoms with Crippen LogP contribution in [0.4, 0.5) is 5.69 Å². The van der Waals surface area contributed by atoms with E-state index < -0.39 is 0 Å². The predicted molar refractivity (Wildman–Crippen MR) is 88.4 cm³/mol. The second-order valence-electron chi connectivity index (χ2n) is 5.83. The molecule has 0 aliphatic rings. The second kappa shape index (κ2) is 4.99. The molecular weight excluding hydrogens is 262 g/mol. The number of rotatable bonds is 3. The third-order valence-corrected chi connectivity index (χ3v) is 3.93. The molecule has 0 radical (unpaired) electrons. The molecule has 0 fully saturated rings. The molecule has 2 N–H and O–H groups in total. The predicted octanol–water partition coefficient (Wildman–Crippen LogP) is 5.16. The summed E-state index contributed by atoms with van der Waals surface area (Å²) in [4.78, 5) is 0. The Morgan fingerprint density at radius 3 is 2.62 bits per heavy atom. The van der Waals surface area contributed by atoms with Gasteiger partial charge in [-0.1, -0.05) is 26.0 Å². The summed E-state index contributed by atoms with van der Waals surface area (Å²) < 4.78 is 6.04. The number of fused-ring (bicyclic) bond motifs is 3. The van der Waals surface area contributed by atoms with Gasteiger partial charge < -0.3 is 14.8 Å². The van der Waals surface area contributed by atoms with Crippen molar-refractivity contribution >= 4 is 27.6 Å². The van der Waals surface area contributed by atoms with Gasteiger partial charge >= 0.3 is 0 Å². The molecule has 3 heteroatoms. The highest BCUT2D eigenvalue weighted by Crippen LogP contribution is 2.41. The van der Waals surface area contributed by atoms with Gasteiger partial charge in [-0.25, -0.2) is 0 Å². The van der Waals surface area contributed by atoms with E-state index in [2.05, 4.69) is 31.3 Å². The average Bonchev–Trinajstić information content (AvgIpc) is 2.79. The average molecular weight is 283 g/mol. The van der Waals surface area contributed by atoms with Crippen molar-refractivity contribution in [3.63, 3.8) is 0 Å². The molecule has 3 nitrogen and oxygen atoms in total. The van der Waals surface area contributed by atoms with Crippen LogP contribution in [0.15, 0.2) is 28.7 Å². The van der Waals surface area contributed by atoms with Crippen LogP contribution >= 0.6 is 0 Å². The summed E-state index contributed by atoms with van der Waals surface area (Å²) >= 11 is 0. The van der Waals surface area contributed by atoms with E-state index in [9.17, 15) is 5.11 Å². The first kappa shape index (κ1) is 13.8. The Kier molecular flexibility index (Phi) is 3.28. The van der Waals surface area contributed by atoms with E-state index in [1.165, 1.54) is 5.56 Å². The molecule has 3 aromatic rings. The van der Waals surface area contributed by atoms with Gasteiger partial charge in [-0.05, 0) is 30.9 Å². The lowest BCUT2D eigenvalue weighted by Crippen LogP contribution is -1.95. The third kappa shape index (κ3) is 2.13. The number of aryl methyl sites for hydroxylation is 1. The highest BCUT2D eigenvalue weighted by atomic mass is 16.3. The van der Waals surface area contributed by atoms with Gasteiger partial charge in [0.15, 0.2) is 0 Å². The van der Waals surface area contributed by atoms with Crippen molar-refractivity contribution in [2.75, 3.05) is 11.9 Å². The normalized spacial score (nSPS) is 11.7. The van der Waals surface area contributed by atoms with E-state index >= 15 is 0 Å². The van der Waals surface area contributed by atoms with Crippen LogP contribution in [0.25, 0.3) is 21.9 Å². The molecular formula is C18H21NO2. The molecule has 21 heavy (non-hydrogen) atoms. The van der Waals surface area contributed by atoms with Crippen LogP contribution in [0.5, 0.6) is 5.75 Å². The SMILES string of the molecule is CCNc1cc(O)c2c(c1)oc1c(C)ccc(C(C)C)c12. The van der Waals surface area contributed by atoms with Crippen LogP contribution in [0.3, 0.4) is 0 Å². The van der Waals surface area contributed by atoms with Crippen molar-refractivity contribution in [2.24, 2.45) is 0 Å². The minimum absolute atomic E-state index is 0.273. The minimum Gasteiger partial charge on any atom is -0.507 e. The topological polar surface area (TPSA) is 45.4 Å². The molecule has 0 aliphatic heterocycles.